The molecule has 1 aromatic carbocycles. The lowest BCUT2D eigenvalue weighted by Crippen LogP contribution is -2.31. The topological polar surface area (TPSA) is 62.4 Å². The molecule has 3 rings (SSSR count). The van der Waals surface area contributed by atoms with Crippen LogP contribution in [0.5, 0.6) is 0 Å². The Bertz CT molecular complexity index is 570. The second-order valence-electron chi connectivity index (χ2n) is 4.97. The maximum Gasteiger partial charge on any atom is 0.241 e. The van der Waals surface area contributed by atoms with Gasteiger partial charge in [-0.15, -0.1) is 0 Å². The summed E-state index contributed by atoms with van der Waals surface area (Å²) in [5, 5.41) is 13.2. The van der Waals surface area contributed by atoms with Crippen LogP contribution < -0.4 is 0 Å². The summed E-state index contributed by atoms with van der Waals surface area (Å²) in [4.78, 5) is 6.46. The molecule has 20 heavy (non-hydrogen) atoms. The Hall–Kier alpha value is -1.79. The number of aromatic nitrogens is 2. The lowest BCUT2D eigenvalue weighted by Gasteiger charge is -2.20. The molecule has 0 saturated carbocycles. The van der Waals surface area contributed by atoms with Crippen LogP contribution in [0, 0.1) is 5.82 Å². The van der Waals surface area contributed by atoms with Crippen LogP contribution in [0.15, 0.2) is 28.8 Å². The molecule has 6 heteroatoms. The van der Waals surface area contributed by atoms with Gasteiger partial charge in [0.1, 0.15) is 5.82 Å². The minimum Gasteiger partial charge on any atom is -0.395 e. The van der Waals surface area contributed by atoms with E-state index in [4.69, 9.17) is 4.52 Å². The molecular weight excluding hydrogens is 261 g/mol. The molecule has 1 saturated heterocycles. The summed E-state index contributed by atoms with van der Waals surface area (Å²) in [5.74, 6) is 0.685. The molecule has 0 bridgehead atoms. The van der Waals surface area contributed by atoms with Crippen LogP contribution in [-0.2, 0) is 6.54 Å². The molecule has 1 N–H and O–H groups in total. The van der Waals surface area contributed by atoms with E-state index in [0.29, 0.717) is 18.3 Å². The lowest BCUT2D eigenvalue weighted by molar-refractivity contribution is 0.141. The standard InChI is InChI=1S/C14H16FN3O2/c15-11-5-3-10(4-6-11)14-16-13(20-17-14)8-18-7-1-2-12(18)9-19/h3-6,12,19H,1-2,7-9H2. The highest BCUT2D eigenvalue weighted by Crippen LogP contribution is 2.21. The third-order valence-electron chi connectivity index (χ3n) is 3.62. The predicted octanol–water partition coefficient (Wildman–Crippen LogP) is 1.83. The zero-order valence-electron chi connectivity index (χ0n) is 11.0. The van der Waals surface area contributed by atoms with Gasteiger partial charge in [-0.1, -0.05) is 5.16 Å². The molecule has 5 nitrogen and oxygen atoms in total. The van der Waals surface area contributed by atoms with E-state index < -0.39 is 0 Å². The van der Waals surface area contributed by atoms with E-state index in [1.54, 1.807) is 12.1 Å². The van der Waals surface area contributed by atoms with Gasteiger partial charge in [0, 0.05) is 11.6 Å². The normalized spacial score (nSPS) is 19.6. The van der Waals surface area contributed by atoms with Gasteiger partial charge in [0.25, 0.3) is 0 Å². The first-order valence-electron chi connectivity index (χ1n) is 6.69. The number of aliphatic hydroxyl groups is 1. The Kier molecular flexibility index (Phi) is 3.75. The molecule has 0 spiro atoms. The summed E-state index contributed by atoms with van der Waals surface area (Å²) in [5.41, 5.74) is 0.724. The summed E-state index contributed by atoms with van der Waals surface area (Å²) in [6.07, 6.45) is 2.07. The quantitative estimate of drug-likeness (QED) is 0.923. The van der Waals surface area contributed by atoms with Gasteiger partial charge in [0.2, 0.25) is 11.7 Å². The molecule has 1 unspecified atom stereocenters. The fourth-order valence-electron chi connectivity index (χ4n) is 2.52. The van der Waals surface area contributed by atoms with Crippen molar-refractivity contribution in [1.29, 1.82) is 0 Å². The molecule has 0 amide bonds. The van der Waals surface area contributed by atoms with Crippen molar-refractivity contribution in [3.63, 3.8) is 0 Å². The van der Waals surface area contributed by atoms with Gasteiger partial charge in [-0.3, -0.25) is 4.90 Å². The highest BCUT2D eigenvalue weighted by molar-refractivity contribution is 5.53. The first-order chi connectivity index (χ1) is 9.76. The van der Waals surface area contributed by atoms with Crippen molar-refractivity contribution in [2.24, 2.45) is 0 Å². The van der Waals surface area contributed by atoms with E-state index in [2.05, 4.69) is 15.0 Å². The molecule has 1 aliphatic rings. The van der Waals surface area contributed by atoms with Gasteiger partial charge in [-0.25, -0.2) is 4.39 Å². The maximum absolute atomic E-state index is 12.9. The minimum atomic E-state index is -0.291. The van der Waals surface area contributed by atoms with E-state index in [9.17, 15) is 9.50 Å². The van der Waals surface area contributed by atoms with Crippen molar-refractivity contribution in [2.75, 3.05) is 13.2 Å². The third-order valence-corrected chi connectivity index (χ3v) is 3.62. The SMILES string of the molecule is OCC1CCCN1Cc1nc(-c2ccc(F)cc2)no1. The van der Waals surface area contributed by atoms with Crippen molar-refractivity contribution >= 4 is 0 Å². The van der Waals surface area contributed by atoms with Crippen LogP contribution in [0.2, 0.25) is 0 Å². The average molecular weight is 277 g/mol. The Morgan fingerprint density at radius 1 is 1.35 bits per heavy atom. The van der Waals surface area contributed by atoms with Gasteiger partial charge in [0.05, 0.1) is 13.2 Å². The first kappa shape index (κ1) is 13.2. The molecular formula is C14H16FN3O2. The van der Waals surface area contributed by atoms with E-state index in [0.717, 1.165) is 24.9 Å². The molecule has 1 atom stereocenters. The molecule has 2 aromatic rings. The molecule has 2 heterocycles. The largest absolute Gasteiger partial charge is 0.395 e. The van der Waals surface area contributed by atoms with Crippen LogP contribution >= 0.6 is 0 Å². The lowest BCUT2D eigenvalue weighted by atomic mass is 10.2. The Labute approximate surface area is 116 Å². The zero-order valence-corrected chi connectivity index (χ0v) is 11.0. The third kappa shape index (κ3) is 2.71. The Balaban J connectivity index is 1.72. The number of aliphatic hydroxyl groups excluding tert-OH is 1. The second kappa shape index (κ2) is 5.68. The van der Waals surface area contributed by atoms with Gasteiger partial charge < -0.3 is 9.63 Å². The van der Waals surface area contributed by atoms with Crippen molar-refractivity contribution in [3.8, 4) is 11.4 Å². The van der Waals surface area contributed by atoms with Crippen molar-refractivity contribution < 1.29 is 14.0 Å². The van der Waals surface area contributed by atoms with Gasteiger partial charge in [-0.05, 0) is 43.7 Å². The summed E-state index contributed by atoms with van der Waals surface area (Å²) >= 11 is 0. The molecule has 1 aliphatic heterocycles. The van der Waals surface area contributed by atoms with Gasteiger partial charge in [0.15, 0.2) is 0 Å². The highest BCUT2D eigenvalue weighted by Gasteiger charge is 2.25. The number of rotatable bonds is 4. The number of benzene rings is 1. The average Bonchev–Trinajstić information content (AvgIpc) is 3.09. The highest BCUT2D eigenvalue weighted by atomic mass is 19.1. The molecule has 0 aliphatic carbocycles. The van der Waals surface area contributed by atoms with Crippen LogP contribution in [-0.4, -0.2) is 39.3 Å². The van der Waals surface area contributed by atoms with E-state index in [1.807, 2.05) is 0 Å². The number of hydrogen-bond donors (Lipinski definition) is 1. The van der Waals surface area contributed by atoms with E-state index >= 15 is 0 Å². The van der Waals surface area contributed by atoms with Crippen molar-refractivity contribution in [3.05, 3.63) is 36.0 Å². The molecule has 0 radical (unpaired) electrons. The zero-order chi connectivity index (χ0) is 13.9. The van der Waals surface area contributed by atoms with E-state index in [1.165, 1.54) is 12.1 Å². The van der Waals surface area contributed by atoms with Crippen LogP contribution in [0.4, 0.5) is 4.39 Å². The smallest absolute Gasteiger partial charge is 0.241 e. The monoisotopic (exact) mass is 277 g/mol. The van der Waals surface area contributed by atoms with E-state index in [-0.39, 0.29) is 18.5 Å². The summed E-state index contributed by atoms with van der Waals surface area (Å²) < 4.78 is 18.1. The van der Waals surface area contributed by atoms with Crippen LogP contribution in [0.3, 0.4) is 0 Å². The minimum absolute atomic E-state index is 0.152. The van der Waals surface area contributed by atoms with Gasteiger partial charge >= 0.3 is 0 Å². The summed E-state index contributed by atoms with van der Waals surface area (Å²) in [6, 6.07) is 6.16. The fraction of sp³-hybridized carbons (Fsp3) is 0.429. The number of hydrogen-bond acceptors (Lipinski definition) is 5. The molecule has 1 fully saturated rings. The van der Waals surface area contributed by atoms with Crippen LogP contribution in [0.25, 0.3) is 11.4 Å². The fourth-order valence-corrected chi connectivity index (χ4v) is 2.52. The van der Waals surface area contributed by atoms with Gasteiger partial charge in [-0.2, -0.15) is 4.98 Å². The first-order valence-corrected chi connectivity index (χ1v) is 6.69. The number of halogens is 1. The van der Waals surface area contributed by atoms with Crippen molar-refractivity contribution in [2.45, 2.75) is 25.4 Å². The second-order valence-corrected chi connectivity index (χ2v) is 4.97. The molecule has 1 aromatic heterocycles. The summed E-state index contributed by atoms with van der Waals surface area (Å²) in [6.45, 7) is 1.62. The molecule has 106 valence electrons. The maximum atomic E-state index is 12.9. The van der Waals surface area contributed by atoms with Crippen LogP contribution in [0.1, 0.15) is 18.7 Å². The predicted molar refractivity (Wildman–Crippen MR) is 70.2 cm³/mol. The number of likely N-dealkylation sites (tertiary alicyclic amines) is 1. The Morgan fingerprint density at radius 2 is 2.15 bits per heavy atom. The number of nitrogens with zero attached hydrogens (tertiary/aromatic N) is 3. The Morgan fingerprint density at radius 3 is 2.90 bits per heavy atom. The van der Waals surface area contributed by atoms with Crippen molar-refractivity contribution in [1.82, 2.24) is 15.0 Å². The summed E-state index contributed by atoms with van der Waals surface area (Å²) in [7, 11) is 0.